The molecule has 21 N–H and O–H groups in total. The number of fused-ring (bicyclic) bond motifs is 1. The molecule has 0 unspecified atom stereocenters. The van der Waals surface area contributed by atoms with Gasteiger partial charge >= 0.3 is 0 Å². The number of amides is 10. The number of aromatic amines is 1. The fraction of sp³-hybridized carbons (Fsp3) is 0.556. The molecule has 1 aromatic heterocycles. The van der Waals surface area contributed by atoms with Crippen LogP contribution in [-0.2, 0) is 68.6 Å². The van der Waals surface area contributed by atoms with E-state index in [-0.39, 0.29) is 50.1 Å². The number of aliphatic hydroxyl groups is 5. The first-order valence-corrected chi connectivity index (χ1v) is 27.7. The SMILES string of the molecule is CCCCO[C@@H]1CNC(=O)[C@H](CC(N)=O)NC(=O)[C@H](CO)NC(=O)[C@H](CC(N)=O)NC(=O)CNC(=O)[C@H](CCCCN)NC(=O)[C@H]([C@H](O)c2ccc(O)cc2)NC(=O)[C@H](Cc2c[nH]c3ccccc23)NC(=O)C[C@H](O[C@@H]2OC[C@@H](O)[C@H](O)[C@H]2O)C1. The number of unbranched alkanes of at least 4 members (excludes halogenated alkanes) is 2. The number of primary amides is 2. The number of nitrogens with one attached hydrogen (secondary N) is 9. The van der Waals surface area contributed by atoms with Gasteiger partial charge < -0.3 is 110 Å². The van der Waals surface area contributed by atoms with Gasteiger partial charge in [0.15, 0.2) is 6.29 Å². The van der Waals surface area contributed by atoms with E-state index in [4.69, 9.17) is 31.4 Å². The number of H-pyrrole nitrogens is 1. The molecule has 2 aliphatic heterocycles. The minimum absolute atomic E-state index is 0.0113. The van der Waals surface area contributed by atoms with Gasteiger partial charge in [-0.2, -0.15) is 0 Å². The van der Waals surface area contributed by atoms with Crippen molar-refractivity contribution in [2.24, 2.45) is 17.2 Å². The first kappa shape index (κ1) is 67.9. The highest BCUT2D eigenvalue weighted by Crippen LogP contribution is 2.25. The van der Waals surface area contributed by atoms with Crippen LogP contribution in [0, 0.1) is 0 Å². The summed E-state index contributed by atoms with van der Waals surface area (Å²) in [7, 11) is 0. The third kappa shape index (κ3) is 21.0. The van der Waals surface area contributed by atoms with Crippen LogP contribution in [0.3, 0.4) is 0 Å². The van der Waals surface area contributed by atoms with E-state index in [9.17, 15) is 78.6 Å². The van der Waals surface area contributed by atoms with Crippen molar-refractivity contribution < 1.29 is 92.8 Å². The summed E-state index contributed by atoms with van der Waals surface area (Å²) in [5.41, 5.74) is 17.7. The van der Waals surface area contributed by atoms with E-state index in [2.05, 4.69) is 47.5 Å². The Morgan fingerprint density at radius 3 is 2.00 bits per heavy atom. The Bertz CT molecular complexity index is 2770. The molecule has 3 aromatic rings. The van der Waals surface area contributed by atoms with Crippen LogP contribution in [0.2, 0.25) is 0 Å². The molecule has 13 atom stereocenters. The number of rotatable bonds is 19. The van der Waals surface area contributed by atoms with Crippen molar-refractivity contribution in [3.8, 4) is 5.75 Å². The smallest absolute Gasteiger partial charge is 0.246 e. The van der Waals surface area contributed by atoms with E-state index in [0.717, 1.165) is 0 Å². The number of hydrogen-bond donors (Lipinski definition) is 18. The number of aromatic hydroxyl groups is 1. The Labute approximate surface area is 487 Å². The van der Waals surface area contributed by atoms with Gasteiger partial charge in [-0.15, -0.1) is 0 Å². The summed E-state index contributed by atoms with van der Waals surface area (Å²) >= 11 is 0. The largest absolute Gasteiger partial charge is 0.508 e. The predicted molar refractivity (Wildman–Crippen MR) is 297 cm³/mol. The number of hydrogen-bond acceptors (Lipinski definition) is 20. The lowest BCUT2D eigenvalue weighted by Gasteiger charge is -2.37. The Kier molecular flexibility index (Phi) is 26.8. The van der Waals surface area contributed by atoms with Gasteiger partial charge in [0, 0.05) is 43.1 Å². The Hall–Kier alpha value is -7.88. The topological polar surface area (TPSA) is 510 Å². The molecule has 85 heavy (non-hydrogen) atoms. The molecule has 0 spiro atoms. The first-order valence-electron chi connectivity index (χ1n) is 27.7. The minimum atomic E-state index is -1.99. The van der Waals surface area contributed by atoms with Gasteiger partial charge in [-0.25, -0.2) is 0 Å². The second kappa shape index (κ2) is 33.6. The molecule has 10 amide bonds. The van der Waals surface area contributed by atoms with E-state index in [0.29, 0.717) is 35.7 Å². The quantitative estimate of drug-likeness (QED) is 0.0497. The van der Waals surface area contributed by atoms with Crippen LogP contribution in [0.25, 0.3) is 10.9 Å². The molecule has 0 aliphatic carbocycles. The molecular formula is C54H78N12O19. The van der Waals surface area contributed by atoms with E-state index in [1.54, 1.807) is 30.5 Å². The summed E-state index contributed by atoms with van der Waals surface area (Å²) in [5, 5.41) is 83.9. The zero-order valence-corrected chi connectivity index (χ0v) is 46.7. The molecule has 2 aromatic carbocycles. The average molecular weight is 1200 g/mol. The number of aromatic nitrogens is 1. The predicted octanol–water partition coefficient (Wildman–Crippen LogP) is -6.03. The van der Waals surface area contributed by atoms with Crippen molar-refractivity contribution in [3.63, 3.8) is 0 Å². The second-order valence-corrected chi connectivity index (χ2v) is 20.6. The van der Waals surface area contributed by atoms with Crippen molar-refractivity contribution in [2.45, 2.75) is 150 Å². The highest BCUT2D eigenvalue weighted by molar-refractivity contribution is 5.99. The summed E-state index contributed by atoms with van der Waals surface area (Å²) in [4.78, 5) is 140. The molecule has 3 heterocycles. The molecule has 31 nitrogen and oxygen atoms in total. The lowest BCUT2D eigenvalue weighted by atomic mass is 9.98. The third-order valence-corrected chi connectivity index (χ3v) is 13.9. The Morgan fingerprint density at radius 2 is 1.33 bits per heavy atom. The standard InChI is InChI=1S/C54H78N12O19/c1-2-3-16-83-31-18-30(85-54-47(76)46(75)39(69)26-84-54)19-42(72)61-35(17-28-22-58-33-9-5-4-8-32(28)33)51(80)66-44(45(74)27-11-13-29(68)14-12-27)53(82)63-34(10-6-7-15-55)48(77)60-24-43(73)62-37(21-41(57)71)50(79)65-38(25-67)52(81)64-36(20-40(56)70)49(78)59-23-31/h4-5,8-9,11-14,22,30-31,34-39,44-47,54,58,67-69,74-76H,2-3,6-7,10,15-21,23-26,55H2,1H3,(H2,56,70)(H2,57,71)(H,59,78)(H,60,77)(H,61,72)(H,62,73)(H,63,82)(H,64,81)(H,65,79)(H,66,80)/t30-,31+,34+,35+,36+,37+,38+,39-,44+,45-,46+,47-,54+/m1/s1. The van der Waals surface area contributed by atoms with Crippen LogP contribution >= 0.6 is 0 Å². The van der Waals surface area contributed by atoms with Crippen LogP contribution in [0.1, 0.15) is 81.9 Å². The lowest BCUT2D eigenvalue weighted by Crippen LogP contribution is -2.60. The third-order valence-electron chi connectivity index (χ3n) is 13.9. The molecular weight excluding hydrogens is 1120 g/mol. The molecule has 2 saturated heterocycles. The number of ether oxygens (including phenoxy) is 3. The maximum atomic E-state index is 14.9. The van der Waals surface area contributed by atoms with Gasteiger partial charge in [0.2, 0.25) is 59.1 Å². The molecule has 2 fully saturated rings. The second-order valence-electron chi connectivity index (χ2n) is 20.6. The normalized spacial score (nSPS) is 27.3. The summed E-state index contributed by atoms with van der Waals surface area (Å²) in [6.07, 6.45) is -11.3. The summed E-state index contributed by atoms with van der Waals surface area (Å²) in [6, 6.07) is 1.22. The minimum Gasteiger partial charge on any atom is -0.508 e. The van der Waals surface area contributed by atoms with Crippen molar-refractivity contribution in [3.05, 3.63) is 65.9 Å². The highest BCUT2D eigenvalue weighted by Gasteiger charge is 2.41. The van der Waals surface area contributed by atoms with Crippen LogP contribution < -0.4 is 59.7 Å². The van der Waals surface area contributed by atoms with Gasteiger partial charge in [0.05, 0.1) is 51.2 Å². The van der Waals surface area contributed by atoms with Gasteiger partial charge in [-0.3, -0.25) is 47.9 Å². The first-order chi connectivity index (χ1) is 40.5. The summed E-state index contributed by atoms with van der Waals surface area (Å²) in [5.74, 6) is -11.3. The monoisotopic (exact) mass is 1200 g/mol. The van der Waals surface area contributed by atoms with Crippen molar-refractivity contribution in [2.75, 3.05) is 39.5 Å². The number of aliphatic hydroxyl groups excluding tert-OH is 5. The van der Waals surface area contributed by atoms with E-state index in [1.807, 2.05) is 6.92 Å². The number of benzene rings is 2. The zero-order valence-electron chi connectivity index (χ0n) is 46.7. The maximum absolute atomic E-state index is 14.9. The van der Waals surface area contributed by atoms with Crippen molar-refractivity contribution in [1.29, 1.82) is 0 Å². The molecule has 31 heteroatoms. The average Bonchev–Trinajstić information content (AvgIpc) is 4.03. The number of phenolic OH excluding ortho intramolecular Hbond substituents is 1. The fourth-order valence-corrected chi connectivity index (χ4v) is 9.23. The molecule has 0 saturated carbocycles. The molecule has 0 radical (unpaired) electrons. The van der Waals surface area contributed by atoms with Crippen LogP contribution in [0.4, 0.5) is 0 Å². The Balaban J connectivity index is 1.62. The summed E-state index contributed by atoms with van der Waals surface area (Å²) < 4.78 is 17.8. The van der Waals surface area contributed by atoms with Crippen molar-refractivity contribution >= 4 is 70.0 Å². The van der Waals surface area contributed by atoms with E-state index < -0.39 is 184 Å². The zero-order chi connectivity index (χ0) is 62.3. The molecule has 468 valence electrons. The number of carbonyl (C=O) groups excluding carboxylic acids is 10. The number of phenols is 1. The van der Waals surface area contributed by atoms with Gasteiger partial charge in [0.25, 0.3) is 0 Å². The lowest BCUT2D eigenvalue weighted by molar-refractivity contribution is -0.284. The Morgan fingerprint density at radius 1 is 0.706 bits per heavy atom. The van der Waals surface area contributed by atoms with E-state index >= 15 is 0 Å². The van der Waals surface area contributed by atoms with E-state index in [1.165, 1.54) is 24.3 Å². The maximum Gasteiger partial charge on any atom is 0.246 e. The fourth-order valence-electron chi connectivity index (χ4n) is 9.23. The molecule has 2 aliphatic rings. The van der Waals surface area contributed by atoms with Crippen LogP contribution in [0.5, 0.6) is 5.75 Å². The van der Waals surface area contributed by atoms with Gasteiger partial charge in [-0.1, -0.05) is 43.7 Å². The molecule has 0 bridgehead atoms. The number of para-hydroxylation sites is 1. The van der Waals surface area contributed by atoms with Crippen molar-refractivity contribution in [1.82, 2.24) is 47.5 Å². The van der Waals surface area contributed by atoms with Crippen LogP contribution in [0.15, 0.2) is 54.7 Å². The molecule has 5 rings (SSSR count). The number of nitrogens with two attached hydrogens (primary N) is 3. The number of carbonyl (C=O) groups is 10. The van der Waals surface area contributed by atoms with Crippen LogP contribution in [-0.4, -0.2) is 207 Å². The summed E-state index contributed by atoms with van der Waals surface area (Å²) in [6.45, 7) is -0.980. The van der Waals surface area contributed by atoms with Gasteiger partial charge in [-0.05, 0) is 61.6 Å². The highest BCUT2D eigenvalue weighted by atomic mass is 16.7. The van der Waals surface area contributed by atoms with Gasteiger partial charge in [0.1, 0.15) is 66.4 Å².